The Morgan fingerprint density at radius 1 is 1.30 bits per heavy atom. The van der Waals surface area contributed by atoms with Crippen molar-refractivity contribution in [3.05, 3.63) is 45.2 Å². The molecule has 146 valence electrons. The van der Waals surface area contributed by atoms with E-state index >= 15 is 0 Å². The molecule has 8 heteroatoms. The fraction of sp³-hybridized carbons (Fsp3) is 0.474. The first-order chi connectivity index (χ1) is 13.2. The number of anilines is 1. The standard InChI is InChI=1S/C19H26ClN5OS/c1-2-21-19(24-13-15(26)16-6-7-17(20)27-16)23-12-14-5-8-18(22-11-14)25-9-3-4-10-25/h5-8,11,15,26H,2-4,9-10,12-13H2,1H3,(H2,21,23,24). The second-order valence-electron chi connectivity index (χ2n) is 6.45. The second kappa shape index (κ2) is 9.92. The van der Waals surface area contributed by atoms with Crippen molar-refractivity contribution in [3.63, 3.8) is 0 Å². The third-order valence-electron chi connectivity index (χ3n) is 4.39. The van der Waals surface area contributed by atoms with E-state index < -0.39 is 6.10 Å². The molecule has 0 bridgehead atoms. The molecule has 0 aliphatic carbocycles. The van der Waals surface area contributed by atoms with Crippen LogP contribution >= 0.6 is 22.9 Å². The second-order valence-corrected chi connectivity index (χ2v) is 8.20. The minimum Gasteiger partial charge on any atom is -0.386 e. The van der Waals surface area contributed by atoms with Crippen molar-refractivity contribution in [1.29, 1.82) is 0 Å². The van der Waals surface area contributed by atoms with Crippen LogP contribution in [0.5, 0.6) is 0 Å². The summed E-state index contributed by atoms with van der Waals surface area (Å²) in [5.74, 6) is 1.71. The molecule has 0 amide bonds. The number of hydrogen-bond acceptors (Lipinski definition) is 5. The fourth-order valence-electron chi connectivity index (χ4n) is 2.96. The van der Waals surface area contributed by atoms with E-state index in [9.17, 15) is 5.11 Å². The van der Waals surface area contributed by atoms with Gasteiger partial charge in [0.25, 0.3) is 0 Å². The summed E-state index contributed by atoms with van der Waals surface area (Å²) in [6.07, 6.45) is 3.76. The van der Waals surface area contributed by atoms with Crippen molar-refractivity contribution in [1.82, 2.24) is 15.6 Å². The number of aliphatic imine (C=N–C) groups is 1. The molecular formula is C19H26ClN5OS. The Kier molecular flexibility index (Phi) is 7.32. The molecule has 6 nitrogen and oxygen atoms in total. The molecule has 1 unspecified atom stereocenters. The summed E-state index contributed by atoms with van der Waals surface area (Å²) < 4.78 is 0.675. The zero-order valence-corrected chi connectivity index (χ0v) is 17.1. The Labute approximate surface area is 169 Å². The number of pyridine rings is 1. The van der Waals surface area contributed by atoms with Gasteiger partial charge in [0, 0.05) is 37.3 Å². The molecule has 3 N–H and O–H groups in total. The van der Waals surface area contributed by atoms with Gasteiger partial charge >= 0.3 is 0 Å². The van der Waals surface area contributed by atoms with E-state index in [-0.39, 0.29) is 0 Å². The molecule has 2 aromatic heterocycles. The maximum absolute atomic E-state index is 10.3. The molecule has 3 heterocycles. The Morgan fingerprint density at radius 2 is 2.11 bits per heavy atom. The Bertz CT molecular complexity index is 743. The molecular weight excluding hydrogens is 382 g/mol. The van der Waals surface area contributed by atoms with Crippen LogP contribution in [0.2, 0.25) is 4.34 Å². The third kappa shape index (κ3) is 5.82. The first-order valence-electron chi connectivity index (χ1n) is 9.31. The van der Waals surface area contributed by atoms with Crippen LogP contribution < -0.4 is 15.5 Å². The van der Waals surface area contributed by atoms with Crippen LogP contribution in [0.1, 0.15) is 36.3 Å². The number of aromatic nitrogens is 1. The van der Waals surface area contributed by atoms with E-state index in [0.717, 1.165) is 35.9 Å². The van der Waals surface area contributed by atoms with Crippen molar-refractivity contribution in [2.45, 2.75) is 32.4 Å². The average molecular weight is 408 g/mol. The molecule has 0 spiro atoms. The quantitative estimate of drug-likeness (QED) is 0.485. The molecule has 1 atom stereocenters. The van der Waals surface area contributed by atoms with Gasteiger partial charge in [0.05, 0.1) is 10.9 Å². The highest BCUT2D eigenvalue weighted by molar-refractivity contribution is 7.16. The normalized spacial score (nSPS) is 15.8. The van der Waals surface area contributed by atoms with Crippen molar-refractivity contribution in [3.8, 4) is 0 Å². The van der Waals surface area contributed by atoms with Crippen LogP contribution in [0.15, 0.2) is 35.5 Å². The number of thiophene rings is 1. The molecule has 3 rings (SSSR count). The van der Waals surface area contributed by atoms with E-state index in [1.807, 2.05) is 19.2 Å². The molecule has 1 fully saturated rings. The third-order valence-corrected chi connectivity index (χ3v) is 5.72. The number of aliphatic hydroxyl groups excluding tert-OH is 1. The van der Waals surface area contributed by atoms with E-state index in [0.29, 0.717) is 23.4 Å². The van der Waals surface area contributed by atoms with Gasteiger partial charge in [0.2, 0.25) is 0 Å². The molecule has 27 heavy (non-hydrogen) atoms. The molecule has 1 aliphatic heterocycles. The van der Waals surface area contributed by atoms with Crippen LogP contribution in [0, 0.1) is 0 Å². The lowest BCUT2D eigenvalue weighted by Gasteiger charge is -2.16. The largest absolute Gasteiger partial charge is 0.386 e. The minimum absolute atomic E-state index is 0.370. The monoisotopic (exact) mass is 407 g/mol. The van der Waals surface area contributed by atoms with Gasteiger partial charge in [-0.15, -0.1) is 11.3 Å². The van der Waals surface area contributed by atoms with Crippen LogP contribution in [-0.2, 0) is 6.54 Å². The van der Waals surface area contributed by atoms with Crippen LogP contribution in [0.4, 0.5) is 5.82 Å². The van der Waals surface area contributed by atoms with Crippen LogP contribution in [0.25, 0.3) is 0 Å². The van der Waals surface area contributed by atoms with Crippen LogP contribution in [-0.4, -0.2) is 42.2 Å². The molecule has 1 aliphatic rings. The average Bonchev–Trinajstić information content (AvgIpc) is 3.36. The Hall–Kier alpha value is -1.83. The van der Waals surface area contributed by atoms with Crippen molar-refractivity contribution in [2.75, 3.05) is 31.1 Å². The lowest BCUT2D eigenvalue weighted by molar-refractivity contribution is 0.184. The van der Waals surface area contributed by atoms with Crippen molar-refractivity contribution >= 4 is 34.7 Å². The fourth-order valence-corrected chi connectivity index (χ4v) is 4.00. The Balaban J connectivity index is 1.54. The zero-order chi connectivity index (χ0) is 19.1. The highest BCUT2D eigenvalue weighted by Gasteiger charge is 2.13. The van der Waals surface area contributed by atoms with Gasteiger partial charge in [-0.1, -0.05) is 17.7 Å². The number of guanidine groups is 1. The molecule has 0 aromatic carbocycles. The van der Waals surface area contributed by atoms with Crippen molar-refractivity contribution < 1.29 is 5.11 Å². The highest BCUT2D eigenvalue weighted by atomic mass is 35.5. The lowest BCUT2D eigenvalue weighted by atomic mass is 10.3. The maximum Gasteiger partial charge on any atom is 0.191 e. The predicted molar refractivity (Wildman–Crippen MR) is 113 cm³/mol. The first-order valence-corrected chi connectivity index (χ1v) is 10.5. The topological polar surface area (TPSA) is 72.8 Å². The number of aliphatic hydroxyl groups is 1. The summed E-state index contributed by atoms with van der Waals surface area (Å²) in [4.78, 5) is 12.3. The van der Waals surface area contributed by atoms with E-state index in [2.05, 4.69) is 37.6 Å². The summed E-state index contributed by atoms with van der Waals surface area (Å²) >= 11 is 7.31. The number of halogens is 1. The zero-order valence-electron chi connectivity index (χ0n) is 15.5. The summed E-state index contributed by atoms with van der Waals surface area (Å²) in [6, 6.07) is 7.79. The summed E-state index contributed by atoms with van der Waals surface area (Å²) in [6.45, 7) is 5.85. The summed E-state index contributed by atoms with van der Waals surface area (Å²) in [7, 11) is 0. The minimum atomic E-state index is -0.618. The lowest BCUT2D eigenvalue weighted by Crippen LogP contribution is -2.39. The highest BCUT2D eigenvalue weighted by Crippen LogP contribution is 2.26. The van der Waals surface area contributed by atoms with Gasteiger partial charge in [0.1, 0.15) is 11.9 Å². The molecule has 1 saturated heterocycles. The molecule has 0 radical (unpaired) electrons. The van der Waals surface area contributed by atoms with Gasteiger partial charge in [0.15, 0.2) is 5.96 Å². The predicted octanol–water partition coefficient (Wildman–Crippen LogP) is 3.19. The van der Waals surface area contributed by atoms with Gasteiger partial charge in [-0.25, -0.2) is 9.98 Å². The summed E-state index contributed by atoms with van der Waals surface area (Å²) in [5.41, 5.74) is 1.06. The van der Waals surface area contributed by atoms with Crippen LogP contribution in [0.3, 0.4) is 0 Å². The number of rotatable bonds is 7. The summed E-state index contributed by atoms with van der Waals surface area (Å²) in [5, 5.41) is 16.6. The van der Waals surface area contributed by atoms with Gasteiger partial charge in [-0.05, 0) is 43.5 Å². The smallest absolute Gasteiger partial charge is 0.191 e. The van der Waals surface area contributed by atoms with Gasteiger partial charge in [-0.2, -0.15) is 0 Å². The van der Waals surface area contributed by atoms with E-state index in [1.165, 1.54) is 24.2 Å². The Morgan fingerprint density at radius 3 is 2.74 bits per heavy atom. The SMILES string of the molecule is CCNC(=NCc1ccc(N2CCCC2)nc1)NCC(O)c1ccc(Cl)s1. The molecule has 0 saturated carbocycles. The van der Waals surface area contributed by atoms with Crippen molar-refractivity contribution in [2.24, 2.45) is 4.99 Å². The van der Waals surface area contributed by atoms with E-state index in [4.69, 9.17) is 11.6 Å². The van der Waals surface area contributed by atoms with Gasteiger partial charge in [-0.3, -0.25) is 0 Å². The number of hydrogen-bond donors (Lipinski definition) is 3. The maximum atomic E-state index is 10.3. The molecule has 2 aromatic rings. The first kappa shape index (κ1) is 19.9. The number of nitrogens with one attached hydrogen (secondary N) is 2. The number of nitrogens with zero attached hydrogens (tertiary/aromatic N) is 3. The van der Waals surface area contributed by atoms with Gasteiger partial charge < -0.3 is 20.6 Å². The van der Waals surface area contributed by atoms with E-state index in [1.54, 1.807) is 6.07 Å².